The fourth-order valence-electron chi connectivity index (χ4n) is 2.91. The summed E-state index contributed by atoms with van der Waals surface area (Å²) in [5.74, 6) is 2.41. The van der Waals surface area contributed by atoms with Crippen LogP contribution in [0.15, 0.2) is 47.5 Å². The summed E-state index contributed by atoms with van der Waals surface area (Å²) in [5.41, 5.74) is 2.79. The number of fused-ring (bicyclic) bond motifs is 1. The summed E-state index contributed by atoms with van der Waals surface area (Å²) in [7, 11) is 2.00. The average Bonchev–Trinajstić information content (AvgIpc) is 2.71. The monoisotopic (exact) mass is 492 g/mol. The minimum Gasteiger partial charge on any atom is -0.486 e. The number of aliphatic imine (C=N–C) groups is 1. The molecular formula is C21H25IN4O2. The lowest BCUT2D eigenvalue weighted by molar-refractivity contribution is 0.171. The van der Waals surface area contributed by atoms with E-state index in [1.165, 1.54) is 0 Å². The lowest BCUT2D eigenvalue weighted by Gasteiger charge is -2.24. The molecule has 28 heavy (non-hydrogen) atoms. The third-order valence-corrected chi connectivity index (χ3v) is 4.19. The maximum Gasteiger partial charge on any atom is 0.194 e. The molecular weight excluding hydrogens is 467 g/mol. The van der Waals surface area contributed by atoms with Crippen LogP contribution in [0.5, 0.6) is 11.5 Å². The van der Waals surface area contributed by atoms with Gasteiger partial charge in [0, 0.05) is 20.1 Å². The standard InChI is InChI=1S/C21H24N4O2.HI/c1-3-23-21(24-14-17-6-4-5-16(11-17)13-22)25(2)15-18-7-8-19-20(12-18)27-10-9-26-19;/h4-8,11-12H,3,9-10,14-15H2,1-2H3,(H,23,24);1H. The van der Waals surface area contributed by atoms with Crippen LogP contribution < -0.4 is 14.8 Å². The Labute approximate surface area is 183 Å². The van der Waals surface area contributed by atoms with Crippen molar-refractivity contribution in [1.82, 2.24) is 10.2 Å². The van der Waals surface area contributed by atoms with Gasteiger partial charge in [-0.05, 0) is 42.3 Å². The Morgan fingerprint density at radius 3 is 2.68 bits per heavy atom. The maximum atomic E-state index is 9.03. The number of rotatable bonds is 5. The molecule has 7 heteroatoms. The van der Waals surface area contributed by atoms with Gasteiger partial charge in [0.25, 0.3) is 0 Å². The molecule has 148 valence electrons. The Hall–Kier alpha value is -2.47. The van der Waals surface area contributed by atoms with E-state index < -0.39 is 0 Å². The van der Waals surface area contributed by atoms with Crippen LogP contribution in [0.25, 0.3) is 0 Å². The molecule has 0 aromatic heterocycles. The van der Waals surface area contributed by atoms with E-state index in [4.69, 9.17) is 19.7 Å². The van der Waals surface area contributed by atoms with Crippen molar-refractivity contribution in [3.8, 4) is 17.6 Å². The van der Waals surface area contributed by atoms with Gasteiger partial charge in [-0.2, -0.15) is 5.26 Å². The van der Waals surface area contributed by atoms with Gasteiger partial charge in [-0.25, -0.2) is 4.99 Å². The molecule has 3 rings (SSSR count). The molecule has 0 aliphatic carbocycles. The topological polar surface area (TPSA) is 69.9 Å². The van der Waals surface area contributed by atoms with Crippen LogP contribution in [-0.4, -0.2) is 37.7 Å². The summed E-state index contributed by atoms with van der Waals surface area (Å²) in [5, 5.41) is 12.4. The minimum absolute atomic E-state index is 0. The Morgan fingerprint density at radius 2 is 1.93 bits per heavy atom. The molecule has 0 amide bonds. The molecule has 1 aliphatic rings. The second-order valence-electron chi connectivity index (χ2n) is 6.32. The third-order valence-electron chi connectivity index (χ3n) is 4.19. The van der Waals surface area contributed by atoms with Gasteiger partial charge >= 0.3 is 0 Å². The SMILES string of the molecule is CCNC(=NCc1cccc(C#N)c1)N(C)Cc1ccc2c(c1)OCCO2.I. The van der Waals surface area contributed by atoms with E-state index in [0.29, 0.717) is 31.9 Å². The van der Waals surface area contributed by atoms with E-state index in [-0.39, 0.29) is 24.0 Å². The molecule has 0 bridgehead atoms. The molecule has 6 nitrogen and oxygen atoms in total. The molecule has 1 N–H and O–H groups in total. The van der Waals surface area contributed by atoms with Crippen LogP contribution in [0.1, 0.15) is 23.6 Å². The van der Waals surface area contributed by atoms with Gasteiger partial charge in [0.2, 0.25) is 0 Å². The smallest absolute Gasteiger partial charge is 0.194 e. The van der Waals surface area contributed by atoms with E-state index in [0.717, 1.165) is 35.1 Å². The zero-order chi connectivity index (χ0) is 19.1. The summed E-state index contributed by atoms with van der Waals surface area (Å²) < 4.78 is 11.2. The van der Waals surface area contributed by atoms with Crippen molar-refractivity contribution >= 4 is 29.9 Å². The van der Waals surface area contributed by atoms with Crippen molar-refractivity contribution in [3.05, 3.63) is 59.2 Å². The molecule has 0 unspecified atom stereocenters. The van der Waals surface area contributed by atoms with E-state index in [2.05, 4.69) is 16.3 Å². The first kappa shape index (κ1) is 21.8. The zero-order valence-corrected chi connectivity index (χ0v) is 18.5. The highest BCUT2D eigenvalue weighted by Gasteiger charge is 2.13. The van der Waals surface area contributed by atoms with Gasteiger partial charge in [-0.1, -0.05) is 18.2 Å². The van der Waals surface area contributed by atoms with Gasteiger partial charge in [0.15, 0.2) is 17.5 Å². The van der Waals surface area contributed by atoms with Gasteiger partial charge in [0.1, 0.15) is 13.2 Å². The summed E-state index contributed by atoms with van der Waals surface area (Å²) in [4.78, 5) is 6.78. The van der Waals surface area contributed by atoms with Gasteiger partial charge in [0.05, 0.1) is 18.2 Å². The molecule has 2 aromatic carbocycles. The summed E-state index contributed by atoms with van der Waals surface area (Å²) in [6, 6.07) is 15.7. The lowest BCUT2D eigenvalue weighted by atomic mass is 10.1. The first-order chi connectivity index (χ1) is 13.2. The molecule has 2 aromatic rings. The highest BCUT2D eigenvalue weighted by Crippen LogP contribution is 2.31. The normalized spacial score (nSPS) is 12.5. The highest BCUT2D eigenvalue weighted by molar-refractivity contribution is 14.0. The van der Waals surface area contributed by atoms with Crippen molar-refractivity contribution in [3.63, 3.8) is 0 Å². The highest BCUT2D eigenvalue weighted by atomic mass is 127. The Bertz CT molecular complexity index is 864. The largest absolute Gasteiger partial charge is 0.486 e. The predicted molar refractivity (Wildman–Crippen MR) is 120 cm³/mol. The van der Waals surface area contributed by atoms with E-state index in [1.807, 2.05) is 50.4 Å². The number of benzene rings is 2. The van der Waals surface area contributed by atoms with Crippen molar-refractivity contribution < 1.29 is 9.47 Å². The number of halogens is 1. The fraction of sp³-hybridized carbons (Fsp3) is 0.333. The van der Waals surface area contributed by atoms with Gasteiger partial charge < -0.3 is 19.7 Å². The van der Waals surface area contributed by atoms with Crippen LogP contribution in [0, 0.1) is 11.3 Å². The van der Waals surface area contributed by atoms with Crippen molar-refractivity contribution in [1.29, 1.82) is 5.26 Å². The summed E-state index contributed by atoms with van der Waals surface area (Å²) in [6.07, 6.45) is 0. The molecule has 0 saturated carbocycles. The molecule has 0 radical (unpaired) electrons. The van der Waals surface area contributed by atoms with Crippen LogP contribution in [-0.2, 0) is 13.1 Å². The Morgan fingerprint density at radius 1 is 1.14 bits per heavy atom. The number of hydrogen-bond acceptors (Lipinski definition) is 4. The quantitative estimate of drug-likeness (QED) is 0.393. The molecule has 1 aliphatic heterocycles. The molecule has 1 heterocycles. The maximum absolute atomic E-state index is 9.03. The van der Waals surface area contributed by atoms with E-state index in [9.17, 15) is 0 Å². The number of guanidine groups is 1. The van der Waals surface area contributed by atoms with Gasteiger partial charge in [-0.3, -0.25) is 0 Å². The second kappa shape index (κ2) is 10.8. The third kappa shape index (κ3) is 5.76. The van der Waals surface area contributed by atoms with E-state index in [1.54, 1.807) is 6.07 Å². The number of nitriles is 1. The minimum atomic E-state index is 0. The molecule has 0 saturated heterocycles. The summed E-state index contributed by atoms with van der Waals surface area (Å²) in [6.45, 7) is 5.21. The first-order valence-electron chi connectivity index (χ1n) is 9.06. The van der Waals surface area contributed by atoms with Gasteiger partial charge in [-0.15, -0.1) is 24.0 Å². The van der Waals surface area contributed by atoms with Crippen molar-refractivity contribution in [2.75, 3.05) is 26.8 Å². The van der Waals surface area contributed by atoms with Crippen LogP contribution in [0.4, 0.5) is 0 Å². The van der Waals surface area contributed by atoms with Crippen molar-refractivity contribution in [2.24, 2.45) is 4.99 Å². The molecule has 0 atom stereocenters. The predicted octanol–water partition coefficient (Wildman–Crippen LogP) is 3.54. The fourth-order valence-corrected chi connectivity index (χ4v) is 2.91. The number of nitrogens with one attached hydrogen (secondary N) is 1. The van der Waals surface area contributed by atoms with Crippen LogP contribution >= 0.6 is 24.0 Å². The molecule has 0 spiro atoms. The zero-order valence-electron chi connectivity index (χ0n) is 16.1. The Balaban J connectivity index is 0.00000280. The molecule has 0 fully saturated rings. The average molecular weight is 492 g/mol. The number of ether oxygens (including phenoxy) is 2. The number of nitrogens with zero attached hydrogens (tertiary/aromatic N) is 3. The lowest BCUT2D eigenvalue weighted by Crippen LogP contribution is -2.38. The van der Waals surface area contributed by atoms with Crippen LogP contribution in [0.2, 0.25) is 0 Å². The first-order valence-corrected chi connectivity index (χ1v) is 9.06. The Kier molecular flexibility index (Phi) is 8.39. The second-order valence-corrected chi connectivity index (χ2v) is 6.32. The number of hydrogen-bond donors (Lipinski definition) is 1. The van der Waals surface area contributed by atoms with Crippen molar-refractivity contribution in [2.45, 2.75) is 20.0 Å². The van der Waals surface area contributed by atoms with Crippen LogP contribution in [0.3, 0.4) is 0 Å². The summed E-state index contributed by atoms with van der Waals surface area (Å²) >= 11 is 0. The van der Waals surface area contributed by atoms with E-state index >= 15 is 0 Å².